The van der Waals surface area contributed by atoms with Crippen LogP contribution < -0.4 is 4.74 Å². The maximum Gasteiger partial charge on any atom is 0.131 e. The van der Waals surface area contributed by atoms with E-state index in [0.717, 1.165) is 34.3 Å². The fraction of sp³-hybridized carbons (Fsp3) is 0.0952. The van der Waals surface area contributed by atoms with Gasteiger partial charge in [0.25, 0.3) is 0 Å². The summed E-state index contributed by atoms with van der Waals surface area (Å²) in [5.74, 6) is 0.787. The Bertz CT molecular complexity index is 764. The highest BCUT2D eigenvalue weighted by Gasteiger charge is 2.11. The molecule has 0 saturated carbocycles. The predicted octanol–water partition coefficient (Wildman–Crippen LogP) is 4.67. The molecule has 2 nitrogen and oxygen atoms in total. The second-order valence-corrected chi connectivity index (χ2v) is 5.30. The van der Waals surface area contributed by atoms with Crippen molar-refractivity contribution in [3.8, 4) is 16.9 Å². The molecule has 3 aromatic carbocycles. The molecule has 0 bridgehead atoms. The third kappa shape index (κ3) is 3.67. The van der Waals surface area contributed by atoms with E-state index in [4.69, 9.17) is 4.74 Å². The number of hydrogen-bond donors (Lipinski definition) is 0. The van der Waals surface area contributed by atoms with Crippen LogP contribution in [0.4, 0.5) is 0 Å². The molecular formula is C21H18O2. The maximum atomic E-state index is 11.0. The van der Waals surface area contributed by atoms with E-state index < -0.39 is 0 Å². The van der Waals surface area contributed by atoms with Crippen LogP contribution in [-0.2, 0) is 17.8 Å². The number of para-hydroxylation sites is 1. The van der Waals surface area contributed by atoms with E-state index >= 15 is 0 Å². The largest absolute Gasteiger partial charge is 0.488 e. The maximum absolute atomic E-state index is 11.0. The summed E-state index contributed by atoms with van der Waals surface area (Å²) in [6.07, 6.45) is 1.27. The molecule has 0 aliphatic carbocycles. The molecule has 0 aliphatic heterocycles. The Kier molecular flexibility index (Phi) is 4.85. The Morgan fingerprint density at radius 1 is 0.783 bits per heavy atom. The van der Waals surface area contributed by atoms with Gasteiger partial charge in [-0.1, -0.05) is 78.9 Å². The highest BCUT2D eigenvalue weighted by molar-refractivity contribution is 5.74. The standard InChI is InChI=1S/C21H18O2/c22-15-14-19-12-7-13-20(18-10-5-2-6-11-18)21(19)23-16-17-8-3-1-4-9-17/h1-13,15H,14,16H2. The van der Waals surface area contributed by atoms with Crippen molar-refractivity contribution in [2.75, 3.05) is 0 Å². The van der Waals surface area contributed by atoms with E-state index in [0.29, 0.717) is 13.0 Å². The number of carbonyl (C=O) groups excluding carboxylic acids is 1. The lowest BCUT2D eigenvalue weighted by Gasteiger charge is -2.15. The van der Waals surface area contributed by atoms with E-state index in [1.807, 2.05) is 66.7 Å². The van der Waals surface area contributed by atoms with Crippen molar-refractivity contribution in [1.29, 1.82) is 0 Å². The number of aldehydes is 1. The molecule has 3 aromatic rings. The molecule has 114 valence electrons. The Morgan fingerprint density at radius 2 is 1.48 bits per heavy atom. The van der Waals surface area contributed by atoms with Crippen molar-refractivity contribution in [3.05, 3.63) is 90.0 Å². The number of benzene rings is 3. The second-order valence-electron chi connectivity index (χ2n) is 5.30. The van der Waals surface area contributed by atoms with Gasteiger partial charge in [-0.25, -0.2) is 0 Å². The molecule has 0 N–H and O–H groups in total. The van der Waals surface area contributed by atoms with Crippen molar-refractivity contribution in [2.45, 2.75) is 13.0 Å². The summed E-state index contributed by atoms with van der Waals surface area (Å²) in [6, 6.07) is 26.1. The smallest absolute Gasteiger partial charge is 0.131 e. The highest BCUT2D eigenvalue weighted by atomic mass is 16.5. The Morgan fingerprint density at radius 3 is 2.17 bits per heavy atom. The molecule has 0 fully saturated rings. The van der Waals surface area contributed by atoms with Gasteiger partial charge in [0.15, 0.2) is 0 Å². The van der Waals surface area contributed by atoms with Crippen LogP contribution in [0.1, 0.15) is 11.1 Å². The van der Waals surface area contributed by atoms with E-state index in [-0.39, 0.29) is 0 Å². The third-order valence-electron chi connectivity index (χ3n) is 3.71. The van der Waals surface area contributed by atoms with Crippen molar-refractivity contribution in [1.82, 2.24) is 0 Å². The summed E-state index contributed by atoms with van der Waals surface area (Å²) in [6.45, 7) is 0.483. The normalized spacial score (nSPS) is 10.3. The molecule has 3 rings (SSSR count). The van der Waals surface area contributed by atoms with Gasteiger partial charge in [0.2, 0.25) is 0 Å². The van der Waals surface area contributed by atoms with Gasteiger partial charge in [0.05, 0.1) is 0 Å². The van der Waals surface area contributed by atoms with Crippen LogP contribution >= 0.6 is 0 Å². The van der Waals surface area contributed by atoms with Crippen LogP contribution in [0.3, 0.4) is 0 Å². The fourth-order valence-electron chi connectivity index (χ4n) is 2.58. The molecule has 0 amide bonds. The van der Waals surface area contributed by atoms with Crippen molar-refractivity contribution in [2.24, 2.45) is 0 Å². The van der Waals surface area contributed by atoms with Gasteiger partial charge < -0.3 is 9.53 Å². The molecule has 0 radical (unpaired) electrons. The summed E-state index contributed by atoms with van der Waals surface area (Å²) in [5.41, 5.74) is 4.12. The molecule has 0 heterocycles. The zero-order valence-corrected chi connectivity index (χ0v) is 12.8. The minimum Gasteiger partial charge on any atom is -0.488 e. The molecule has 23 heavy (non-hydrogen) atoms. The van der Waals surface area contributed by atoms with E-state index in [1.165, 1.54) is 0 Å². The van der Waals surface area contributed by atoms with Crippen molar-refractivity contribution in [3.63, 3.8) is 0 Å². The number of carbonyl (C=O) groups is 1. The first-order chi connectivity index (χ1) is 11.4. The highest BCUT2D eigenvalue weighted by Crippen LogP contribution is 2.34. The molecular weight excluding hydrogens is 284 g/mol. The summed E-state index contributed by atoms with van der Waals surface area (Å²) in [7, 11) is 0. The van der Waals surface area contributed by atoms with E-state index in [1.54, 1.807) is 0 Å². The zero-order chi connectivity index (χ0) is 15.9. The van der Waals surface area contributed by atoms with Gasteiger partial charge in [0, 0.05) is 17.5 Å². The van der Waals surface area contributed by atoms with Crippen LogP contribution in [0.2, 0.25) is 0 Å². The minimum absolute atomic E-state index is 0.352. The zero-order valence-electron chi connectivity index (χ0n) is 12.8. The lowest BCUT2D eigenvalue weighted by molar-refractivity contribution is -0.107. The van der Waals surface area contributed by atoms with Gasteiger partial charge >= 0.3 is 0 Å². The average Bonchev–Trinajstić information content (AvgIpc) is 2.62. The van der Waals surface area contributed by atoms with Gasteiger partial charge in [0.1, 0.15) is 18.6 Å². The molecule has 0 saturated heterocycles. The van der Waals surface area contributed by atoms with Crippen LogP contribution in [0, 0.1) is 0 Å². The Balaban J connectivity index is 1.96. The predicted molar refractivity (Wildman–Crippen MR) is 92.4 cm³/mol. The van der Waals surface area contributed by atoms with Gasteiger partial charge in [-0.3, -0.25) is 0 Å². The molecule has 0 atom stereocenters. The first-order valence-electron chi connectivity index (χ1n) is 7.66. The summed E-state index contributed by atoms with van der Waals surface area (Å²) in [4.78, 5) is 11.0. The lowest BCUT2D eigenvalue weighted by atomic mass is 10.00. The van der Waals surface area contributed by atoms with Gasteiger partial charge in [-0.15, -0.1) is 0 Å². The first-order valence-corrected chi connectivity index (χ1v) is 7.66. The van der Waals surface area contributed by atoms with Gasteiger partial charge in [-0.05, 0) is 11.1 Å². The Labute approximate surface area is 136 Å². The topological polar surface area (TPSA) is 26.3 Å². The summed E-state index contributed by atoms with van der Waals surface area (Å²) < 4.78 is 6.10. The van der Waals surface area contributed by atoms with Gasteiger partial charge in [-0.2, -0.15) is 0 Å². The fourth-order valence-corrected chi connectivity index (χ4v) is 2.58. The minimum atomic E-state index is 0.352. The molecule has 0 unspecified atom stereocenters. The number of hydrogen-bond acceptors (Lipinski definition) is 2. The van der Waals surface area contributed by atoms with E-state index in [2.05, 4.69) is 12.1 Å². The third-order valence-corrected chi connectivity index (χ3v) is 3.71. The lowest BCUT2D eigenvalue weighted by Crippen LogP contribution is -2.01. The quantitative estimate of drug-likeness (QED) is 0.618. The molecule has 0 aromatic heterocycles. The number of rotatable bonds is 6. The number of ether oxygens (including phenoxy) is 1. The van der Waals surface area contributed by atoms with Crippen LogP contribution in [-0.4, -0.2) is 6.29 Å². The molecule has 0 spiro atoms. The SMILES string of the molecule is O=CCc1cccc(-c2ccccc2)c1OCc1ccccc1. The van der Waals surface area contributed by atoms with Crippen LogP contribution in [0.15, 0.2) is 78.9 Å². The first kappa shape index (κ1) is 15.0. The monoisotopic (exact) mass is 302 g/mol. The van der Waals surface area contributed by atoms with Crippen LogP contribution in [0.5, 0.6) is 5.75 Å². The van der Waals surface area contributed by atoms with Crippen molar-refractivity contribution >= 4 is 6.29 Å². The molecule has 2 heteroatoms. The summed E-state index contributed by atoms with van der Waals surface area (Å²) >= 11 is 0. The van der Waals surface area contributed by atoms with Crippen LogP contribution in [0.25, 0.3) is 11.1 Å². The Hall–Kier alpha value is -2.87. The summed E-state index contributed by atoms with van der Waals surface area (Å²) in [5, 5.41) is 0. The average molecular weight is 302 g/mol. The second kappa shape index (κ2) is 7.41. The van der Waals surface area contributed by atoms with Crippen molar-refractivity contribution < 1.29 is 9.53 Å². The van der Waals surface area contributed by atoms with E-state index in [9.17, 15) is 4.79 Å². The molecule has 0 aliphatic rings.